The molecule has 1 heterocycles. The first-order valence-corrected chi connectivity index (χ1v) is 11.6. The first-order chi connectivity index (χ1) is 15.5. The summed E-state index contributed by atoms with van der Waals surface area (Å²) in [5.74, 6) is -0.432. The van der Waals surface area contributed by atoms with Crippen molar-refractivity contribution in [3.05, 3.63) is 94.4 Å². The van der Waals surface area contributed by atoms with Gasteiger partial charge in [0.2, 0.25) is 0 Å². The Labute approximate surface area is 192 Å². The van der Waals surface area contributed by atoms with Gasteiger partial charge in [0.1, 0.15) is 11.4 Å². The first kappa shape index (κ1) is 21.2. The van der Waals surface area contributed by atoms with Crippen molar-refractivity contribution in [2.75, 3.05) is 0 Å². The molecule has 1 aliphatic carbocycles. The van der Waals surface area contributed by atoms with Crippen molar-refractivity contribution in [3.63, 3.8) is 0 Å². The van der Waals surface area contributed by atoms with Crippen molar-refractivity contribution in [3.8, 4) is 5.69 Å². The molecule has 1 N–H and O–H groups in total. The second kappa shape index (κ2) is 8.34. The van der Waals surface area contributed by atoms with Crippen LogP contribution in [0.1, 0.15) is 48.8 Å². The lowest BCUT2D eigenvalue weighted by molar-refractivity contribution is -0.000648. The van der Waals surface area contributed by atoms with Crippen LogP contribution in [0.5, 0.6) is 0 Å². The van der Waals surface area contributed by atoms with Gasteiger partial charge in [-0.2, -0.15) is 5.10 Å². The third kappa shape index (κ3) is 3.62. The largest absolute Gasteiger partial charge is 0.380 e. The molecule has 0 spiro atoms. The van der Waals surface area contributed by atoms with E-state index < -0.39 is 11.4 Å². The highest BCUT2D eigenvalue weighted by atomic mass is 35.5. The molecule has 1 aromatic heterocycles. The van der Waals surface area contributed by atoms with Crippen molar-refractivity contribution >= 4 is 22.5 Å². The van der Waals surface area contributed by atoms with Crippen LogP contribution in [0.4, 0.5) is 4.39 Å². The zero-order valence-corrected chi connectivity index (χ0v) is 18.8. The number of fused-ring (bicyclic) bond motifs is 1. The summed E-state index contributed by atoms with van der Waals surface area (Å²) in [4.78, 5) is 0. The maximum atomic E-state index is 13.9. The number of benzene rings is 3. The van der Waals surface area contributed by atoms with Crippen LogP contribution in [0.3, 0.4) is 0 Å². The molecule has 1 atom stereocenters. The van der Waals surface area contributed by atoms with Crippen molar-refractivity contribution in [1.29, 1.82) is 0 Å². The summed E-state index contributed by atoms with van der Waals surface area (Å²) in [5.41, 5.74) is 3.36. The van der Waals surface area contributed by atoms with E-state index in [-0.39, 0.29) is 10.9 Å². The number of nitrogens with zero attached hydrogens (tertiary/aromatic N) is 2. The van der Waals surface area contributed by atoms with Gasteiger partial charge in [-0.05, 0) is 73.2 Å². The summed E-state index contributed by atoms with van der Waals surface area (Å²) in [5, 5.41) is 17.8. The lowest BCUT2D eigenvalue weighted by Crippen LogP contribution is -2.37. The van der Waals surface area contributed by atoms with Gasteiger partial charge in [0.15, 0.2) is 0 Å². The van der Waals surface area contributed by atoms with Gasteiger partial charge < -0.3 is 5.11 Å². The summed E-state index contributed by atoms with van der Waals surface area (Å²) < 4.78 is 15.8. The Morgan fingerprint density at radius 3 is 2.38 bits per heavy atom. The Morgan fingerprint density at radius 2 is 1.66 bits per heavy atom. The standard InChI is InChI=1S/C27H26ClFN2O/c1-18-7-11-23(12-8-18)31-26-14-10-21(15-19(26)17-30-31)27(32,20-5-3-2-4-6-20)22-9-13-25(29)24(28)16-22/h7-17,20,32H,2-6H2,1H3. The van der Waals surface area contributed by atoms with Crippen molar-refractivity contribution in [1.82, 2.24) is 9.78 Å². The Morgan fingerprint density at radius 1 is 0.969 bits per heavy atom. The molecule has 1 aliphatic rings. The molecule has 0 amide bonds. The van der Waals surface area contributed by atoms with Gasteiger partial charge in [0.25, 0.3) is 0 Å². The number of hydrogen-bond donors (Lipinski definition) is 1. The number of rotatable bonds is 4. The smallest absolute Gasteiger partial charge is 0.141 e. The molecule has 164 valence electrons. The van der Waals surface area contributed by atoms with Crippen LogP contribution in [-0.2, 0) is 5.60 Å². The SMILES string of the molecule is Cc1ccc(-n2ncc3cc(C(O)(c4ccc(F)c(Cl)c4)C4CCCCC4)ccc32)cc1. The molecule has 4 aromatic rings. The zero-order valence-electron chi connectivity index (χ0n) is 18.1. The molecule has 1 unspecified atom stereocenters. The van der Waals surface area contributed by atoms with Crippen molar-refractivity contribution < 1.29 is 9.50 Å². The van der Waals surface area contributed by atoms with E-state index in [9.17, 15) is 9.50 Å². The molecule has 1 fully saturated rings. The summed E-state index contributed by atoms with van der Waals surface area (Å²) in [6.07, 6.45) is 7.01. The molecule has 5 heteroatoms. The van der Waals surface area contributed by atoms with E-state index in [0.717, 1.165) is 47.8 Å². The highest BCUT2D eigenvalue weighted by molar-refractivity contribution is 6.30. The Hall–Kier alpha value is -2.69. The highest BCUT2D eigenvalue weighted by Gasteiger charge is 2.41. The molecule has 1 saturated carbocycles. The topological polar surface area (TPSA) is 38.0 Å². The number of aliphatic hydroxyl groups is 1. The minimum absolute atomic E-state index is 0.0324. The van der Waals surface area contributed by atoms with Crippen LogP contribution < -0.4 is 0 Å². The zero-order chi connectivity index (χ0) is 22.3. The molecule has 3 aromatic carbocycles. The number of hydrogen-bond acceptors (Lipinski definition) is 2. The van der Waals surface area contributed by atoms with Gasteiger partial charge in [-0.15, -0.1) is 0 Å². The first-order valence-electron chi connectivity index (χ1n) is 11.2. The van der Waals surface area contributed by atoms with Gasteiger partial charge in [-0.3, -0.25) is 0 Å². The number of halogens is 2. The number of aromatic nitrogens is 2. The lowest BCUT2D eigenvalue weighted by Gasteiger charge is -2.39. The van der Waals surface area contributed by atoms with E-state index in [0.29, 0.717) is 5.56 Å². The lowest BCUT2D eigenvalue weighted by atomic mass is 9.70. The second-order valence-electron chi connectivity index (χ2n) is 8.90. The summed E-state index contributed by atoms with van der Waals surface area (Å²) in [7, 11) is 0. The maximum absolute atomic E-state index is 13.9. The predicted molar refractivity (Wildman–Crippen MR) is 127 cm³/mol. The van der Waals surface area contributed by atoms with Gasteiger partial charge in [-0.1, -0.05) is 60.7 Å². The summed E-state index contributed by atoms with van der Waals surface area (Å²) >= 11 is 6.12. The molecular weight excluding hydrogens is 423 g/mol. The summed E-state index contributed by atoms with van der Waals surface area (Å²) in [6.45, 7) is 2.06. The van der Waals surface area contributed by atoms with Gasteiger partial charge >= 0.3 is 0 Å². The highest BCUT2D eigenvalue weighted by Crippen LogP contribution is 2.45. The normalized spacial score (nSPS) is 16.9. The predicted octanol–water partition coefficient (Wildman–Crippen LogP) is 6.94. The van der Waals surface area contributed by atoms with E-state index >= 15 is 0 Å². The minimum atomic E-state index is -1.24. The molecule has 5 rings (SSSR count). The fourth-order valence-electron chi connectivity index (χ4n) is 5.05. The summed E-state index contributed by atoms with van der Waals surface area (Å²) in [6, 6.07) is 18.8. The fraction of sp³-hybridized carbons (Fsp3) is 0.296. The molecule has 3 nitrogen and oxygen atoms in total. The minimum Gasteiger partial charge on any atom is -0.380 e. The van der Waals surface area contributed by atoms with E-state index in [1.807, 2.05) is 29.1 Å². The maximum Gasteiger partial charge on any atom is 0.141 e. The fourth-order valence-corrected chi connectivity index (χ4v) is 5.23. The average Bonchev–Trinajstić information content (AvgIpc) is 3.25. The number of aryl methyl sites for hydroxylation is 1. The Bertz CT molecular complexity index is 1260. The molecule has 0 radical (unpaired) electrons. The third-order valence-corrected chi connectivity index (χ3v) is 7.13. The van der Waals surface area contributed by atoms with Crippen LogP contribution in [0.15, 0.2) is 66.9 Å². The van der Waals surface area contributed by atoms with Crippen LogP contribution in [0.2, 0.25) is 5.02 Å². The molecular formula is C27H26ClFN2O. The van der Waals surface area contributed by atoms with E-state index in [1.165, 1.54) is 18.1 Å². The Kier molecular flexibility index (Phi) is 5.52. The van der Waals surface area contributed by atoms with Crippen LogP contribution in [0, 0.1) is 18.7 Å². The van der Waals surface area contributed by atoms with E-state index in [1.54, 1.807) is 12.1 Å². The monoisotopic (exact) mass is 448 g/mol. The second-order valence-corrected chi connectivity index (χ2v) is 9.30. The Balaban J connectivity index is 1.63. The van der Waals surface area contributed by atoms with Gasteiger partial charge in [0, 0.05) is 5.39 Å². The molecule has 0 saturated heterocycles. The molecule has 32 heavy (non-hydrogen) atoms. The molecule has 0 bridgehead atoms. The van der Waals surface area contributed by atoms with Crippen LogP contribution in [-0.4, -0.2) is 14.9 Å². The van der Waals surface area contributed by atoms with Crippen molar-refractivity contribution in [2.45, 2.75) is 44.6 Å². The quantitative estimate of drug-likeness (QED) is 0.367. The van der Waals surface area contributed by atoms with Crippen molar-refractivity contribution in [2.24, 2.45) is 5.92 Å². The van der Waals surface area contributed by atoms with E-state index in [2.05, 4.69) is 36.3 Å². The van der Waals surface area contributed by atoms with Gasteiger partial charge in [0.05, 0.1) is 22.4 Å². The molecule has 0 aliphatic heterocycles. The van der Waals surface area contributed by atoms with Gasteiger partial charge in [-0.25, -0.2) is 9.07 Å². The third-order valence-electron chi connectivity index (χ3n) is 6.84. The van der Waals surface area contributed by atoms with E-state index in [4.69, 9.17) is 11.6 Å². The van der Waals surface area contributed by atoms with Crippen LogP contribution in [0.25, 0.3) is 16.6 Å². The van der Waals surface area contributed by atoms with Crippen LogP contribution >= 0.6 is 11.6 Å². The average molecular weight is 449 g/mol.